The Balaban J connectivity index is 1.46. The van der Waals surface area contributed by atoms with Crippen molar-refractivity contribution in [1.29, 1.82) is 0 Å². The fourth-order valence-electron chi connectivity index (χ4n) is 4.76. The molecule has 37 heavy (non-hydrogen) atoms. The van der Waals surface area contributed by atoms with E-state index in [1.165, 1.54) is 12.1 Å². The summed E-state index contributed by atoms with van der Waals surface area (Å²) in [5.74, 6) is 1.37. The van der Waals surface area contributed by atoms with E-state index in [9.17, 15) is 9.18 Å². The average molecular weight is 498 g/mol. The van der Waals surface area contributed by atoms with E-state index >= 15 is 0 Å². The number of methoxy groups -OCH3 is 2. The van der Waals surface area contributed by atoms with E-state index in [2.05, 4.69) is 0 Å². The van der Waals surface area contributed by atoms with Crippen LogP contribution in [0.5, 0.6) is 17.2 Å². The van der Waals surface area contributed by atoms with Crippen molar-refractivity contribution in [3.63, 3.8) is 0 Å². The number of nitrogens with zero attached hydrogens (tertiary/aromatic N) is 1. The van der Waals surface area contributed by atoms with Crippen molar-refractivity contribution >= 4 is 5.91 Å². The Kier molecular flexibility index (Phi) is 7.08. The summed E-state index contributed by atoms with van der Waals surface area (Å²) >= 11 is 0. The third-order valence-electron chi connectivity index (χ3n) is 6.72. The molecule has 5 nitrogen and oxygen atoms in total. The summed E-state index contributed by atoms with van der Waals surface area (Å²) in [4.78, 5) is 15.6. The highest BCUT2D eigenvalue weighted by molar-refractivity contribution is 5.95. The first-order valence-corrected chi connectivity index (χ1v) is 12.2. The molecule has 0 aromatic heterocycles. The summed E-state index contributed by atoms with van der Waals surface area (Å²) < 4.78 is 30.5. The lowest BCUT2D eigenvalue weighted by molar-refractivity contribution is 0.0589. The van der Waals surface area contributed by atoms with Gasteiger partial charge in [-0.1, -0.05) is 42.5 Å². The summed E-state index contributed by atoms with van der Waals surface area (Å²) in [7, 11) is 3.20. The van der Waals surface area contributed by atoms with E-state index in [4.69, 9.17) is 14.2 Å². The highest BCUT2D eigenvalue weighted by Gasteiger charge is 2.33. The Morgan fingerprint density at radius 3 is 2.19 bits per heavy atom. The molecule has 4 aromatic rings. The summed E-state index contributed by atoms with van der Waals surface area (Å²) in [5.41, 5.74) is 4.78. The van der Waals surface area contributed by atoms with Crippen molar-refractivity contribution in [3.8, 4) is 28.4 Å². The predicted octanol–water partition coefficient (Wildman–Crippen LogP) is 6.33. The molecule has 0 radical (unpaired) electrons. The molecule has 0 saturated heterocycles. The van der Waals surface area contributed by atoms with Crippen molar-refractivity contribution in [2.75, 3.05) is 27.4 Å². The first-order valence-electron chi connectivity index (χ1n) is 12.2. The molecule has 1 atom stereocenters. The van der Waals surface area contributed by atoms with Crippen LogP contribution in [0.15, 0.2) is 91.0 Å². The van der Waals surface area contributed by atoms with Crippen LogP contribution in [0.25, 0.3) is 11.1 Å². The molecule has 1 aliphatic rings. The minimum absolute atomic E-state index is 0.0762. The molecule has 5 rings (SSSR count). The largest absolute Gasteiger partial charge is 0.493 e. The predicted molar refractivity (Wildman–Crippen MR) is 141 cm³/mol. The minimum atomic E-state index is -0.366. The smallest absolute Gasteiger partial charge is 0.254 e. The Morgan fingerprint density at radius 1 is 0.865 bits per heavy atom. The molecule has 6 heteroatoms. The zero-order valence-electron chi connectivity index (χ0n) is 20.8. The van der Waals surface area contributed by atoms with Crippen molar-refractivity contribution in [1.82, 2.24) is 4.90 Å². The molecular weight excluding hydrogens is 469 g/mol. The number of benzene rings is 4. The molecule has 0 N–H and O–H groups in total. The first-order chi connectivity index (χ1) is 18.1. The molecule has 0 unspecified atom stereocenters. The summed E-state index contributed by atoms with van der Waals surface area (Å²) in [6.45, 7) is 0.737. The SMILES string of the molecule is COc1cc2c(cc1OC)[C@@H](COc1ccc(F)cc1)N(C(=O)c1ccc(-c3ccccc3)cc1)CC2. The van der Waals surface area contributed by atoms with E-state index in [1.807, 2.05) is 71.6 Å². The number of fused-ring (bicyclic) bond motifs is 1. The topological polar surface area (TPSA) is 48.0 Å². The van der Waals surface area contributed by atoms with Gasteiger partial charge in [0, 0.05) is 12.1 Å². The van der Waals surface area contributed by atoms with Gasteiger partial charge >= 0.3 is 0 Å². The molecule has 188 valence electrons. The Hall–Kier alpha value is -4.32. The standard InChI is InChI=1S/C31H28FNO4/c1-35-29-18-24-16-17-33(31(34)23-10-8-22(9-11-23)21-6-4-3-5-7-21)28(27(24)19-30(29)36-2)20-37-26-14-12-25(32)13-15-26/h3-15,18-19,28H,16-17,20H2,1-2H3/t28-/m1/s1. The lowest BCUT2D eigenvalue weighted by Crippen LogP contribution is -2.42. The molecule has 0 spiro atoms. The molecule has 4 aromatic carbocycles. The number of hydrogen-bond acceptors (Lipinski definition) is 4. The van der Waals surface area contributed by atoms with Crippen LogP contribution in [0, 0.1) is 5.82 Å². The van der Waals surface area contributed by atoms with Gasteiger partial charge in [0.15, 0.2) is 11.5 Å². The van der Waals surface area contributed by atoms with Crippen molar-refractivity contribution in [2.24, 2.45) is 0 Å². The van der Waals surface area contributed by atoms with Gasteiger partial charge in [0.25, 0.3) is 5.91 Å². The lowest BCUT2D eigenvalue weighted by atomic mass is 9.91. The van der Waals surface area contributed by atoms with Gasteiger partial charge in [0.1, 0.15) is 18.2 Å². The van der Waals surface area contributed by atoms with Gasteiger partial charge in [-0.2, -0.15) is 0 Å². The van der Waals surface area contributed by atoms with Gasteiger partial charge in [-0.15, -0.1) is 0 Å². The molecule has 0 saturated carbocycles. The number of halogens is 1. The maximum Gasteiger partial charge on any atom is 0.254 e. The highest BCUT2D eigenvalue weighted by Crippen LogP contribution is 2.39. The van der Waals surface area contributed by atoms with Crippen molar-refractivity contribution < 1.29 is 23.4 Å². The molecule has 1 heterocycles. The molecule has 0 aliphatic carbocycles. The Bertz CT molecular complexity index is 1370. The van der Waals surface area contributed by atoms with E-state index in [0.717, 1.165) is 22.3 Å². The Labute approximate surface area is 216 Å². The number of carbonyl (C=O) groups excluding carboxylic acids is 1. The third-order valence-corrected chi connectivity index (χ3v) is 6.72. The van der Waals surface area contributed by atoms with E-state index in [0.29, 0.717) is 35.8 Å². The summed E-state index contributed by atoms with van der Waals surface area (Å²) in [6.07, 6.45) is 0.677. The number of rotatable bonds is 7. The maximum atomic E-state index is 13.8. The number of carbonyl (C=O) groups is 1. The lowest BCUT2D eigenvalue weighted by Gasteiger charge is -2.37. The zero-order chi connectivity index (χ0) is 25.8. The second-order valence-corrected chi connectivity index (χ2v) is 8.88. The van der Waals surface area contributed by atoms with E-state index in [1.54, 1.807) is 26.4 Å². The maximum absolute atomic E-state index is 13.8. The van der Waals surface area contributed by atoms with Gasteiger partial charge in [0.2, 0.25) is 0 Å². The third kappa shape index (κ3) is 5.14. The Morgan fingerprint density at radius 2 is 1.51 bits per heavy atom. The van der Waals surface area contributed by atoms with E-state index < -0.39 is 0 Å². The van der Waals surface area contributed by atoms with Gasteiger partial charge in [-0.05, 0) is 77.2 Å². The molecule has 0 fully saturated rings. The van der Waals surface area contributed by atoms with Gasteiger partial charge in [-0.25, -0.2) is 4.39 Å². The van der Waals surface area contributed by atoms with Crippen LogP contribution in [-0.4, -0.2) is 38.2 Å². The summed E-state index contributed by atoms with van der Waals surface area (Å²) in [5, 5.41) is 0. The first kappa shape index (κ1) is 24.4. The van der Waals surface area contributed by atoms with Gasteiger partial charge in [0.05, 0.1) is 20.3 Å². The highest BCUT2D eigenvalue weighted by atomic mass is 19.1. The van der Waals surface area contributed by atoms with Crippen LogP contribution in [0.1, 0.15) is 27.5 Å². The number of ether oxygens (including phenoxy) is 3. The number of hydrogen-bond donors (Lipinski definition) is 0. The molecule has 0 bridgehead atoms. The van der Waals surface area contributed by atoms with E-state index in [-0.39, 0.29) is 24.4 Å². The fourth-order valence-corrected chi connectivity index (χ4v) is 4.76. The van der Waals surface area contributed by atoms with Crippen molar-refractivity contribution in [3.05, 3.63) is 114 Å². The normalized spacial score (nSPS) is 14.6. The zero-order valence-corrected chi connectivity index (χ0v) is 20.8. The van der Waals surface area contributed by atoms with Crippen LogP contribution in [0.2, 0.25) is 0 Å². The van der Waals surface area contributed by atoms with Crippen LogP contribution >= 0.6 is 0 Å². The van der Waals surface area contributed by atoms with Gasteiger partial charge < -0.3 is 19.1 Å². The quantitative estimate of drug-likeness (QED) is 0.299. The molecular formula is C31H28FNO4. The van der Waals surface area contributed by atoms with Crippen molar-refractivity contribution in [2.45, 2.75) is 12.5 Å². The molecule has 1 amide bonds. The monoisotopic (exact) mass is 497 g/mol. The van der Waals surface area contributed by atoms with Gasteiger partial charge in [-0.3, -0.25) is 4.79 Å². The van der Waals surface area contributed by atoms with Crippen LogP contribution < -0.4 is 14.2 Å². The van der Waals surface area contributed by atoms with Crippen LogP contribution in [0.4, 0.5) is 4.39 Å². The fraction of sp³-hybridized carbons (Fsp3) is 0.194. The van der Waals surface area contributed by atoms with Crippen LogP contribution in [0.3, 0.4) is 0 Å². The second kappa shape index (κ2) is 10.7. The van der Waals surface area contributed by atoms with Crippen LogP contribution in [-0.2, 0) is 6.42 Å². The molecule has 1 aliphatic heterocycles. The average Bonchev–Trinajstić information content (AvgIpc) is 2.96. The minimum Gasteiger partial charge on any atom is -0.493 e. The summed E-state index contributed by atoms with van der Waals surface area (Å²) in [6, 6.07) is 27.1. The number of amides is 1. The second-order valence-electron chi connectivity index (χ2n) is 8.88.